The predicted molar refractivity (Wildman–Crippen MR) is 72.6 cm³/mol. The molecule has 1 saturated carbocycles. The lowest BCUT2D eigenvalue weighted by atomic mass is 10.0. The summed E-state index contributed by atoms with van der Waals surface area (Å²) in [5, 5.41) is 3.51. The molecule has 1 unspecified atom stereocenters. The normalized spacial score (nSPS) is 16.5. The molecular formula is C15H22FNO2. The molecule has 1 aromatic carbocycles. The van der Waals surface area contributed by atoms with Crippen molar-refractivity contribution in [2.75, 3.05) is 33.5 Å². The molecule has 1 aliphatic rings. The SMILES string of the molecule is COCCOCCNC(c1ccc(F)cc1)C1CC1. The standard InChI is InChI=1S/C15H22FNO2/c1-18-10-11-19-9-8-17-15(12-2-3-12)13-4-6-14(16)7-5-13/h4-7,12,15,17H,2-3,8-11H2,1H3. The van der Waals surface area contributed by atoms with Crippen molar-refractivity contribution < 1.29 is 13.9 Å². The second-order valence-corrected chi connectivity index (χ2v) is 4.93. The molecular weight excluding hydrogens is 245 g/mol. The molecule has 0 amide bonds. The lowest BCUT2D eigenvalue weighted by Crippen LogP contribution is -2.27. The van der Waals surface area contributed by atoms with Gasteiger partial charge in [0.25, 0.3) is 0 Å². The van der Waals surface area contributed by atoms with E-state index in [2.05, 4.69) is 5.32 Å². The van der Waals surface area contributed by atoms with Crippen LogP contribution in [0.25, 0.3) is 0 Å². The summed E-state index contributed by atoms with van der Waals surface area (Å²) in [6.45, 7) is 2.74. The molecule has 1 fully saturated rings. The van der Waals surface area contributed by atoms with Crippen molar-refractivity contribution in [3.63, 3.8) is 0 Å². The fraction of sp³-hybridized carbons (Fsp3) is 0.600. The molecule has 2 rings (SSSR count). The number of hydrogen-bond acceptors (Lipinski definition) is 3. The first-order valence-electron chi connectivity index (χ1n) is 6.87. The molecule has 0 spiro atoms. The Morgan fingerprint density at radius 3 is 2.58 bits per heavy atom. The van der Waals surface area contributed by atoms with Crippen LogP contribution < -0.4 is 5.32 Å². The van der Waals surface area contributed by atoms with E-state index in [0.717, 1.165) is 6.54 Å². The number of hydrogen-bond donors (Lipinski definition) is 1. The highest BCUT2D eigenvalue weighted by Gasteiger charge is 2.31. The van der Waals surface area contributed by atoms with E-state index in [1.165, 1.54) is 30.5 Å². The highest BCUT2D eigenvalue weighted by atomic mass is 19.1. The smallest absolute Gasteiger partial charge is 0.123 e. The van der Waals surface area contributed by atoms with E-state index in [1.54, 1.807) is 7.11 Å². The summed E-state index contributed by atoms with van der Waals surface area (Å²) < 4.78 is 23.3. The minimum absolute atomic E-state index is 0.179. The van der Waals surface area contributed by atoms with Crippen LogP contribution in [-0.2, 0) is 9.47 Å². The van der Waals surface area contributed by atoms with Crippen LogP contribution in [0.2, 0.25) is 0 Å². The van der Waals surface area contributed by atoms with E-state index < -0.39 is 0 Å². The number of methoxy groups -OCH3 is 1. The number of benzene rings is 1. The molecule has 106 valence electrons. The quantitative estimate of drug-likeness (QED) is 0.697. The van der Waals surface area contributed by atoms with Crippen LogP contribution in [0, 0.1) is 11.7 Å². The van der Waals surface area contributed by atoms with Gasteiger partial charge in [-0.2, -0.15) is 0 Å². The van der Waals surface area contributed by atoms with E-state index in [0.29, 0.717) is 31.8 Å². The van der Waals surface area contributed by atoms with Gasteiger partial charge >= 0.3 is 0 Å². The van der Waals surface area contributed by atoms with Gasteiger partial charge in [0.1, 0.15) is 5.82 Å². The molecule has 19 heavy (non-hydrogen) atoms. The molecule has 0 radical (unpaired) electrons. The van der Waals surface area contributed by atoms with E-state index in [9.17, 15) is 4.39 Å². The van der Waals surface area contributed by atoms with Gasteiger partial charge in [-0.1, -0.05) is 12.1 Å². The first kappa shape index (κ1) is 14.4. The third kappa shape index (κ3) is 4.90. The Balaban J connectivity index is 1.75. The average Bonchev–Trinajstić information content (AvgIpc) is 3.24. The number of halogens is 1. The van der Waals surface area contributed by atoms with Gasteiger partial charge in [-0.3, -0.25) is 0 Å². The summed E-state index contributed by atoms with van der Waals surface area (Å²) >= 11 is 0. The van der Waals surface area contributed by atoms with Crippen LogP contribution in [0.4, 0.5) is 4.39 Å². The Bertz CT molecular complexity index is 365. The lowest BCUT2D eigenvalue weighted by Gasteiger charge is -2.19. The largest absolute Gasteiger partial charge is 0.382 e. The monoisotopic (exact) mass is 267 g/mol. The Labute approximate surface area is 114 Å². The number of rotatable bonds is 9. The molecule has 1 aliphatic carbocycles. The molecule has 1 atom stereocenters. The highest BCUT2D eigenvalue weighted by molar-refractivity contribution is 5.21. The van der Waals surface area contributed by atoms with Gasteiger partial charge in [0.2, 0.25) is 0 Å². The third-order valence-electron chi connectivity index (χ3n) is 3.36. The topological polar surface area (TPSA) is 30.5 Å². The Morgan fingerprint density at radius 1 is 1.21 bits per heavy atom. The summed E-state index contributed by atoms with van der Waals surface area (Å²) in [6.07, 6.45) is 2.50. The summed E-state index contributed by atoms with van der Waals surface area (Å²) in [7, 11) is 1.67. The Hall–Kier alpha value is -0.970. The van der Waals surface area contributed by atoms with Gasteiger partial charge in [-0.25, -0.2) is 4.39 Å². The fourth-order valence-electron chi connectivity index (χ4n) is 2.19. The third-order valence-corrected chi connectivity index (χ3v) is 3.36. The van der Waals surface area contributed by atoms with Gasteiger partial charge in [0.15, 0.2) is 0 Å². The summed E-state index contributed by atoms with van der Waals surface area (Å²) in [6, 6.07) is 7.13. The molecule has 0 bridgehead atoms. The average molecular weight is 267 g/mol. The van der Waals surface area contributed by atoms with Crippen LogP contribution in [0.3, 0.4) is 0 Å². The van der Waals surface area contributed by atoms with Crippen LogP contribution in [0.15, 0.2) is 24.3 Å². The molecule has 1 aromatic rings. The van der Waals surface area contributed by atoms with Crippen molar-refractivity contribution >= 4 is 0 Å². The van der Waals surface area contributed by atoms with Crippen molar-refractivity contribution in [3.05, 3.63) is 35.6 Å². The van der Waals surface area contributed by atoms with E-state index in [1.807, 2.05) is 12.1 Å². The van der Waals surface area contributed by atoms with Crippen LogP contribution >= 0.6 is 0 Å². The second-order valence-electron chi connectivity index (χ2n) is 4.93. The number of nitrogens with one attached hydrogen (secondary N) is 1. The Kier molecular flexibility index (Phi) is 5.76. The van der Waals surface area contributed by atoms with Gasteiger partial charge in [-0.15, -0.1) is 0 Å². The van der Waals surface area contributed by atoms with Crippen molar-refractivity contribution in [1.82, 2.24) is 5.32 Å². The lowest BCUT2D eigenvalue weighted by molar-refractivity contribution is 0.0707. The minimum Gasteiger partial charge on any atom is -0.382 e. The van der Waals surface area contributed by atoms with Gasteiger partial charge in [-0.05, 0) is 36.5 Å². The summed E-state index contributed by atoms with van der Waals surface area (Å²) in [5.41, 5.74) is 1.17. The van der Waals surface area contributed by atoms with E-state index in [4.69, 9.17) is 9.47 Å². The van der Waals surface area contributed by atoms with Gasteiger partial charge < -0.3 is 14.8 Å². The molecule has 0 saturated heterocycles. The van der Waals surface area contributed by atoms with E-state index in [-0.39, 0.29) is 5.82 Å². The summed E-state index contributed by atoms with van der Waals surface area (Å²) in [4.78, 5) is 0. The minimum atomic E-state index is -0.179. The van der Waals surface area contributed by atoms with Crippen molar-refractivity contribution in [2.45, 2.75) is 18.9 Å². The molecule has 4 heteroatoms. The second kappa shape index (κ2) is 7.58. The van der Waals surface area contributed by atoms with Gasteiger partial charge in [0.05, 0.1) is 19.8 Å². The van der Waals surface area contributed by atoms with Crippen LogP contribution in [0.5, 0.6) is 0 Å². The Morgan fingerprint density at radius 2 is 1.95 bits per heavy atom. The molecule has 3 nitrogen and oxygen atoms in total. The zero-order valence-corrected chi connectivity index (χ0v) is 11.4. The van der Waals surface area contributed by atoms with Crippen molar-refractivity contribution in [2.24, 2.45) is 5.92 Å². The maximum Gasteiger partial charge on any atom is 0.123 e. The zero-order chi connectivity index (χ0) is 13.5. The van der Waals surface area contributed by atoms with E-state index >= 15 is 0 Å². The molecule has 1 N–H and O–H groups in total. The maximum absolute atomic E-state index is 12.9. The predicted octanol–water partition coefficient (Wildman–Crippen LogP) is 2.53. The van der Waals surface area contributed by atoms with Crippen molar-refractivity contribution in [1.29, 1.82) is 0 Å². The molecule has 0 heterocycles. The van der Waals surface area contributed by atoms with Crippen molar-refractivity contribution in [3.8, 4) is 0 Å². The molecule has 0 aromatic heterocycles. The first-order valence-corrected chi connectivity index (χ1v) is 6.87. The van der Waals surface area contributed by atoms with Gasteiger partial charge in [0, 0.05) is 19.7 Å². The maximum atomic E-state index is 12.9. The first-order chi connectivity index (χ1) is 9.31. The van der Waals surface area contributed by atoms with Crippen LogP contribution in [-0.4, -0.2) is 33.5 Å². The summed E-state index contributed by atoms with van der Waals surface area (Å²) in [5.74, 6) is 0.505. The highest BCUT2D eigenvalue weighted by Crippen LogP contribution is 2.40. The zero-order valence-electron chi connectivity index (χ0n) is 11.4. The van der Waals surface area contributed by atoms with Crippen LogP contribution in [0.1, 0.15) is 24.4 Å². The number of ether oxygens (including phenoxy) is 2. The fourth-order valence-corrected chi connectivity index (χ4v) is 2.19. The molecule has 0 aliphatic heterocycles.